The Morgan fingerprint density at radius 2 is 1.82 bits per heavy atom. The first-order valence-corrected chi connectivity index (χ1v) is 13.4. The number of aromatic hydroxyl groups is 1. The van der Waals surface area contributed by atoms with E-state index in [1.807, 2.05) is 0 Å². The highest BCUT2D eigenvalue weighted by Gasteiger charge is 2.35. The largest absolute Gasteiger partial charge is 0.507 e. The van der Waals surface area contributed by atoms with Gasteiger partial charge < -0.3 is 19.6 Å². The van der Waals surface area contributed by atoms with E-state index in [1.165, 1.54) is 15.9 Å². The summed E-state index contributed by atoms with van der Waals surface area (Å²) in [5, 5.41) is 13.1. The number of hydrogen-bond acceptors (Lipinski definition) is 8. The van der Waals surface area contributed by atoms with Crippen molar-refractivity contribution < 1.29 is 31.8 Å². The quantitative estimate of drug-likeness (QED) is 0.362. The van der Waals surface area contributed by atoms with Gasteiger partial charge in [-0.15, -0.1) is 0 Å². The topological polar surface area (TPSA) is 167 Å². The van der Waals surface area contributed by atoms with Crippen LogP contribution >= 0.6 is 23.2 Å². The maximum Gasteiger partial charge on any atom is 0.349 e. The Morgan fingerprint density at radius 3 is 2.40 bits per heavy atom. The van der Waals surface area contributed by atoms with Gasteiger partial charge in [0, 0.05) is 33.3 Å². The third-order valence-corrected chi connectivity index (χ3v) is 7.70. The van der Waals surface area contributed by atoms with Crippen LogP contribution in [0, 0.1) is 0 Å². The number of likely N-dealkylation sites (tertiary alicyclic amines) is 1. The molecule has 214 valence electrons. The number of phenolic OH excluding ortho intramolecular Hbond substituents is 1. The second kappa shape index (κ2) is 11.0. The maximum absolute atomic E-state index is 13.1. The van der Waals surface area contributed by atoms with Crippen LogP contribution < -0.4 is 20.7 Å². The molecule has 1 saturated heterocycles. The summed E-state index contributed by atoms with van der Waals surface area (Å²) in [5.41, 5.74) is -3.85. The number of halogens is 4. The number of carbonyl (C=O) groups is 1. The summed E-state index contributed by atoms with van der Waals surface area (Å²) in [7, 11) is -1.11. The highest BCUT2D eigenvalue weighted by atomic mass is 35.5. The van der Waals surface area contributed by atoms with Crippen LogP contribution in [-0.2, 0) is 10.0 Å². The van der Waals surface area contributed by atoms with Gasteiger partial charge in [-0.2, -0.15) is 9.78 Å². The van der Waals surface area contributed by atoms with Crippen molar-refractivity contribution >= 4 is 39.3 Å². The Bertz CT molecular complexity index is 1690. The molecular formula is C22H20Cl2F2N6O7S. The van der Waals surface area contributed by atoms with E-state index in [9.17, 15) is 36.7 Å². The highest BCUT2D eigenvalue weighted by Crippen LogP contribution is 2.39. The molecule has 3 aromatic rings. The van der Waals surface area contributed by atoms with E-state index in [0.29, 0.717) is 4.68 Å². The van der Waals surface area contributed by atoms with Crippen molar-refractivity contribution in [1.29, 1.82) is 0 Å². The predicted molar refractivity (Wildman–Crippen MR) is 138 cm³/mol. The van der Waals surface area contributed by atoms with E-state index in [2.05, 4.69) is 9.82 Å². The summed E-state index contributed by atoms with van der Waals surface area (Å²) < 4.78 is 60.5. The summed E-state index contributed by atoms with van der Waals surface area (Å²) in [6, 6.07) is 4.66. The first-order chi connectivity index (χ1) is 18.7. The molecule has 0 radical (unpaired) electrons. The van der Waals surface area contributed by atoms with E-state index in [0.717, 1.165) is 24.3 Å². The molecule has 4 rings (SSSR count). The normalized spacial score (nSPS) is 13.8. The monoisotopic (exact) mass is 620 g/mol. The summed E-state index contributed by atoms with van der Waals surface area (Å²) in [5.74, 6) is -0.879. The van der Waals surface area contributed by atoms with Gasteiger partial charge in [-0.3, -0.25) is 9.78 Å². The van der Waals surface area contributed by atoms with E-state index in [1.54, 1.807) is 19.1 Å². The van der Waals surface area contributed by atoms with Gasteiger partial charge in [0.2, 0.25) is 10.0 Å². The van der Waals surface area contributed by atoms with Gasteiger partial charge in [0.1, 0.15) is 16.4 Å². The Hall–Kier alpha value is -3.73. The van der Waals surface area contributed by atoms with Crippen molar-refractivity contribution in [3.63, 3.8) is 0 Å². The van der Waals surface area contributed by atoms with Crippen molar-refractivity contribution in [3.8, 4) is 22.9 Å². The van der Waals surface area contributed by atoms with Crippen LogP contribution in [0.4, 0.5) is 13.6 Å². The van der Waals surface area contributed by atoms with Crippen LogP contribution in [0.3, 0.4) is 0 Å². The second-order valence-corrected chi connectivity index (χ2v) is 11.2. The maximum atomic E-state index is 13.1. The highest BCUT2D eigenvalue weighted by molar-refractivity contribution is 7.89. The molecule has 18 heteroatoms. The van der Waals surface area contributed by atoms with Gasteiger partial charge in [0.25, 0.3) is 12.0 Å². The number of urea groups is 1. The molecule has 0 saturated carbocycles. The number of hydrogen-bond donors (Lipinski definition) is 3. The first kappa shape index (κ1) is 29.3. The zero-order chi connectivity index (χ0) is 29.5. The number of sulfonamides is 1. The molecular weight excluding hydrogens is 601 g/mol. The molecule has 13 nitrogen and oxygen atoms in total. The van der Waals surface area contributed by atoms with Crippen molar-refractivity contribution in [3.05, 3.63) is 66.9 Å². The second-order valence-electron chi connectivity index (χ2n) is 8.73. The Balaban J connectivity index is 1.58. The van der Waals surface area contributed by atoms with E-state index >= 15 is 0 Å². The Labute approximate surface area is 234 Å². The number of rotatable bonds is 7. The minimum atomic E-state index is -4.25. The zero-order valence-electron chi connectivity index (χ0n) is 20.6. The zero-order valence-corrected chi connectivity index (χ0v) is 22.9. The molecule has 0 atom stereocenters. The van der Waals surface area contributed by atoms with Crippen LogP contribution in [-0.4, -0.2) is 77.3 Å². The number of amides is 2. The smallest absolute Gasteiger partial charge is 0.349 e. The van der Waals surface area contributed by atoms with Crippen molar-refractivity contribution in [1.82, 2.24) is 29.3 Å². The minimum Gasteiger partial charge on any atom is -0.507 e. The van der Waals surface area contributed by atoms with E-state index < -0.39 is 50.1 Å². The fraction of sp³-hybridized carbons (Fsp3) is 0.273. The first-order valence-electron chi connectivity index (χ1n) is 11.2. The summed E-state index contributed by atoms with van der Waals surface area (Å²) in [4.78, 5) is 39.6. The SMILES string of the molecule is CN(C)C(=O)N1CC(NS(=O)(=O)c2cc(Oc3c(Cl)cc(-n4nc(C(F)F)c(=O)[nH]c4=O)cc3Cl)ccc2O)C1. The average Bonchev–Trinajstić information content (AvgIpc) is 2.83. The lowest BCUT2D eigenvalue weighted by atomic mass is 10.1. The number of carbonyl (C=O) groups excluding carboxylic acids is 1. The number of aromatic nitrogens is 3. The lowest BCUT2D eigenvalue weighted by Crippen LogP contribution is -2.62. The average molecular weight is 621 g/mol. The molecule has 1 aromatic heterocycles. The molecule has 0 unspecified atom stereocenters. The molecule has 2 aromatic carbocycles. The summed E-state index contributed by atoms with van der Waals surface area (Å²) in [6.45, 7) is 0.271. The van der Waals surface area contributed by atoms with E-state index in [-0.39, 0.29) is 46.4 Å². The predicted octanol–water partition coefficient (Wildman–Crippen LogP) is 2.31. The van der Waals surface area contributed by atoms with Crippen molar-refractivity contribution in [2.75, 3.05) is 27.2 Å². The van der Waals surface area contributed by atoms with Gasteiger partial charge in [0.05, 0.1) is 21.8 Å². The number of nitrogens with zero attached hydrogens (tertiary/aromatic N) is 4. The third kappa shape index (κ3) is 5.89. The fourth-order valence-corrected chi connectivity index (χ4v) is 5.55. The van der Waals surface area contributed by atoms with Crippen LogP contribution in [0.1, 0.15) is 12.1 Å². The van der Waals surface area contributed by atoms with Crippen LogP contribution in [0.5, 0.6) is 17.2 Å². The van der Waals surface area contributed by atoms with Gasteiger partial charge in [0.15, 0.2) is 11.4 Å². The number of H-pyrrole nitrogens is 1. The third-order valence-electron chi connectivity index (χ3n) is 5.58. The molecule has 0 spiro atoms. The lowest BCUT2D eigenvalue weighted by molar-refractivity contribution is 0.124. The van der Waals surface area contributed by atoms with E-state index in [4.69, 9.17) is 27.9 Å². The van der Waals surface area contributed by atoms with Crippen LogP contribution in [0.2, 0.25) is 10.0 Å². The number of benzene rings is 2. The summed E-state index contributed by atoms with van der Waals surface area (Å²) in [6.07, 6.45) is -3.26. The molecule has 1 fully saturated rings. The number of nitrogens with one attached hydrogen (secondary N) is 2. The van der Waals surface area contributed by atoms with Crippen molar-refractivity contribution in [2.45, 2.75) is 17.4 Å². The number of phenols is 1. The Morgan fingerprint density at radius 1 is 1.20 bits per heavy atom. The summed E-state index contributed by atoms with van der Waals surface area (Å²) >= 11 is 12.5. The molecule has 0 aliphatic carbocycles. The van der Waals surface area contributed by atoms with Crippen molar-refractivity contribution in [2.24, 2.45) is 0 Å². The molecule has 1 aliphatic rings. The fourth-order valence-electron chi connectivity index (χ4n) is 3.66. The van der Waals surface area contributed by atoms with Crippen LogP contribution in [0.25, 0.3) is 5.69 Å². The van der Waals surface area contributed by atoms with Gasteiger partial charge in [-0.05, 0) is 24.3 Å². The van der Waals surface area contributed by atoms with Gasteiger partial charge in [-0.1, -0.05) is 23.2 Å². The molecule has 1 aliphatic heterocycles. The molecule has 40 heavy (non-hydrogen) atoms. The number of aromatic amines is 1. The van der Waals surface area contributed by atoms with Gasteiger partial charge >= 0.3 is 11.7 Å². The molecule has 3 N–H and O–H groups in total. The Kier molecular flexibility index (Phi) is 8.07. The number of alkyl halides is 2. The molecule has 0 bridgehead atoms. The molecule has 2 amide bonds. The van der Waals surface area contributed by atoms with Crippen LogP contribution in [0.15, 0.2) is 44.8 Å². The molecule has 2 heterocycles. The minimum absolute atomic E-state index is 0.105. The number of ether oxygens (including phenoxy) is 1. The van der Waals surface area contributed by atoms with Gasteiger partial charge in [-0.25, -0.2) is 31.5 Å². The lowest BCUT2D eigenvalue weighted by Gasteiger charge is -2.40. The standard InChI is InChI=1S/C22H20Cl2F2N6O7S/c1-30(2)22(36)31-8-10(9-31)29-40(37,38)16-7-12(3-4-15(16)33)39-18-13(23)5-11(6-14(18)24)32-21(35)27-20(34)17(28-32)19(25)26/h3-7,10,19,29,33H,8-9H2,1-2H3,(H,27,34,35).